The highest BCUT2D eigenvalue weighted by Crippen LogP contribution is 2.14. The first-order valence-electron chi connectivity index (χ1n) is 6.02. The van der Waals surface area contributed by atoms with Gasteiger partial charge < -0.3 is 0 Å². The molecule has 0 atom stereocenters. The van der Waals surface area contributed by atoms with Gasteiger partial charge in [0.25, 0.3) is 5.95 Å². The zero-order valence-electron chi connectivity index (χ0n) is 11.1. The fourth-order valence-corrected chi connectivity index (χ4v) is 1.44. The number of hydrogen-bond donors (Lipinski definition) is 0. The molecule has 0 saturated heterocycles. The minimum absolute atomic E-state index is 0.496. The molecule has 3 rings (SSSR count). The van der Waals surface area contributed by atoms with Crippen molar-refractivity contribution in [2.45, 2.75) is 13.8 Å². The van der Waals surface area contributed by atoms with E-state index in [0.29, 0.717) is 5.95 Å². The average Bonchev–Trinajstić information content (AvgIpc) is 3.10. The van der Waals surface area contributed by atoms with E-state index in [1.165, 1.54) is 4.68 Å². The third kappa shape index (κ3) is 2.82. The molecule has 3 heterocycles. The zero-order valence-corrected chi connectivity index (χ0v) is 11.1. The second-order valence-corrected chi connectivity index (χ2v) is 3.51. The highest BCUT2D eigenvalue weighted by molar-refractivity contribution is 5.56. The highest BCUT2D eigenvalue weighted by Gasteiger charge is 2.07. The average molecular weight is 257 g/mol. The van der Waals surface area contributed by atoms with Gasteiger partial charge in [0.1, 0.15) is 12.0 Å². The summed E-state index contributed by atoms with van der Waals surface area (Å²) < 4.78 is 3.14. The Balaban J connectivity index is 0.000000637. The van der Waals surface area contributed by atoms with Crippen LogP contribution in [0, 0.1) is 0 Å². The number of aryl methyl sites for hydroxylation is 1. The van der Waals surface area contributed by atoms with Crippen LogP contribution in [0.15, 0.2) is 37.1 Å². The molecule has 0 radical (unpaired) electrons. The molecular weight excluding hydrogens is 242 g/mol. The molecule has 98 valence electrons. The molecule has 0 aliphatic rings. The molecule has 0 bridgehead atoms. The van der Waals surface area contributed by atoms with Gasteiger partial charge in [-0.15, -0.1) is 10.2 Å². The molecule has 0 spiro atoms. The Labute approximate surface area is 110 Å². The van der Waals surface area contributed by atoms with Gasteiger partial charge in [-0.05, 0) is 12.1 Å². The fourth-order valence-electron chi connectivity index (χ4n) is 1.44. The SMILES string of the molecule is CC.Cn1cnc(-n2cc(-c3cccnc3)nn2)n1. The van der Waals surface area contributed by atoms with Gasteiger partial charge in [0, 0.05) is 25.0 Å². The Morgan fingerprint density at radius 1 is 1.21 bits per heavy atom. The number of rotatable bonds is 2. The summed E-state index contributed by atoms with van der Waals surface area (Å²) in [6.45, 7) is 4.00. The number of hydrogen-bond acceptors (Lipinski definition) is 5. The largest absolute Gasteiger partial charge is 0.270 e. The molecular formula is C12H15N7. The molecule has 0 saturated carbocycles. The Morgan fingerprint density at radius 3 is 2.68 bits per heavy atom. The van der Waals surface area contributed by atoms with Gasteiger partial charge in [0.15, 0.2) is 0 Å². The summed E-state index contributed by atoms with van der Waals surface area (Å²) in [5.41, 5.74) is 1.65. The van der Waals surface area contributed by atoms with E-state index in [1.807, 2.05) is 26.0 Å². The van der Waals surface area contributed by atoms with Gasteiger partial charge in [0.2, 0.25) is 0 Å². The van der Waals surface area contributed by atoms with E-state index in [4.69, 9.17) is 0 Å². The van der Waals surface area contributed by atoms with E-state index < -0.39 is 0 Å². The van der Waals surface area contributed by atoms with Crippen molar-refractivity contribution >= 4 is 0 Å². The Kier molecular flexibility index (Phi) is 3.97. The second kappa shape index (κ2) is 5.85. The first-order chi connectivity index (χ1) is 9.33. The lowest BCUT2D eigenvalue weighted by Crippen LogP contribution is -1.98. The van der Waals surface area contributed by atoms with Crippen LogP contribution in [0.1, 0.15) is 13.8 Å². The minimum Gasteiger partial charge on any atom is -0.264 e. The van der Waals surface area contributed by atoms with E-state index in [1.54, 1.807) is 36.6 Å². The van der Waals surface area contributed by atoms with E-state index in [2.05, 4.69) is 25.4 Å². The Bertz CT molecular complexity index is 626. The standard InChI is InChI=1S/C10H9N7.C2H6/c1-16-7-12-10(14-16)17-6-9(13-15-17)8-3-2-4-11-5-8;1-2/h2-7H,1H3;1-2H3. The molecule has 0 unspecified atom stereocenters. The molecule has 3 aromatic heterocycles. The third-order valence-corrected chi connectivity index (χ3v) is 2.24. The van der Waals surface area contributed by atoms with Gasteiger partial charge in [-0.1, -0.05) is 19.1 Å². The lowest BCUT2D eigenvalue weighted by molar-refractivity contribution is 0.713. The van der Waals surface area contributed by atoms with Crippen LogP contribution in [-0.2, 0) is 7.05 Å². The van der Waals surface area contributed by atoms with Crippen molar-refractivity contribution in [3.05, 3.63) is 37.1 Å². The normalized spacial score (nSPS) is 9.84. The van der Waals surface area contributed by atoms with Crippen LogP contribution in [0.4, 0.5) is 0 Å². The van der Waals surface area contributed by atoms with Gasteiger partial charge in [-0.2, -0.15) is 9.67 Å². The predicted molar refractivity (Wildman–Crippen MR) is 70.5 cm³/mol. The van der Waals surface area contributed by atoms with Gasteiger partial charge in [0.05, 0.1) is 6.20 Å². The van der Waals surface area contributed by atoms with E-state index in [0.717, 1.165) is 11.3 Å². The summed E-state index contributed by atoms with van der Waals surface area (Å²) in [7, 11) is 1.80. The van der Waals surface area contributed by atoms with Crippen LogP contribution in [0.2, 0.25) is 0 Å². The molecule has 0 N–H and O–H groups in total. The molecule has 0 fully saturated rings. The maximum absolute atomic E-state index is 4.14. The van der Waals surface area contributed by atoms with E-state index in [9.17, 15) is 0 Å². The number of aromatic nitrogens is 7. The minimum atomic E-state index is 0.496. The van der Waals surface area contributed by atoms with Crippen molar-refractivity contribution in [2.75, 3.05) is 0 Å². The smallest absolute Gasteiger partial charge is 0.264 e. The highest BCUT2D eigenvalue weighted by atomic mass is 15.5. The molecule has 3 aromatic rings. The van der Waals surface area contributed by atoms with E-state index in [-0.39, 0.29) is 0 Å². The topological polar surface area (TPSA) is 74.3 Å². The molecule has 7 heteroatoms. The Hall–Kier alpha value is -2.57. The van der Waals surface area contributed by atoms with Crippen LogP contribution in [0.25, 0.3) is 17.2 Å². The van der Waals surface area contributed by atoms with Crippen LogP contribution in [0.5, 0.6) is 0 Å². The molecule has 19 heavy (non-hydrogen) atoms. The molecule has 0 aliphatic heterocycles. The summed E-state index contributed by atoms with van der Waals surface area (Å²) in [6, 6.07) is 3.78. The molecule has 0 aliphatic carbocycles. The maximum atomic E-state index is 4.14. The fraction of sp³-hybridized carbons (Fsp3) is 0.250. The number of pyridine rings is 1. The van der Waals surface area contributed by atoms with Crippen molar-refractivity contribution in [1.29, 1.82) is 0 Å². The van der Waals surface area contributed by atoms with Crippen molar-refractivity contribution in [1.82, 2.24) is 34.7 Å². The van der Waals surface area contributed by atoms with Gasteiger partial charge in [-0.25, -0.2) is 0 Å². The van der Waals surface area contributed by atoms with Crippen molar-refractivity contribution in [2.24, 2.45) is 7.05 Å². The molecule has 7 nitrogen and oxygen atoms in total. The Morgan fingerprint density at radius 2 is 2.05 bits per heavy atom. The second-order valence-electron chi connectivity index (χ2n) is 3.51. The van der Waals surface area contributed by atoms with Crippen molar-refractivity contribution in [3.8, 4) is 17.2 Å². The molecule has 0 amide bonds. The summed E-state index contributed by atoms with van der Waals surface area (Å²) in [5.74, 6) is 0.496. The first kappa shape index (κ1) is 12.9. The first-order valence-corrected chi connectivity index (χ1v) is 6.02. The number of nitrogens with zero attached hydrogens (tertiary/aromatic N) is 7. The summed E-state index contributed by atoms with van der Waals surface area (Å²) in [4.78, 5) is 8.12. The lowest BCUT2D eigenvalue weighted by atomic mass is 10.2. The van der Waals surface area contributed by atoms with Gasteiger partial charge >= 0.3 is 0 Å². The predicted octanol–water partition coefficient (Wildman–Crippen LogP) is 1.48. The van der Waals surface area contributed by atoms with Crippen LogP contribution >= 0.6 is 0 Å². The van der Waals surface area contributed by atoms with Crippen molar-refractivity contribution in [3.63, 3.8) is 0 Å². The van der Waals surface area contributed by atoms with Crippen LogP contribution in [-0.4, -0.2) is 34.7 Å². The monoisotopic (exact) mass is 257 g/mol. The van der Waals surface area contributed by atoms with Crippen molar-refractivity contribution < 1.29 is 0 Å². The van der Waals surface area contributed by atoms with E-state index >= 15 is 0 Å². The quantitative estimate of drug-likeness (QED) is 0.695. The van der Waals surface area contributed by atoms with Crippen LogP contribution in [0.3, 0.4) is 0 Å². The summed E-state index contributed by atoms with van der Waals surface area (Å²) in [6.07, 6.45) is 6.83. The lowest BCUT2D eigenvalue weighted by Gasteiger charge is -1.92. The zero-order chi connectivity index (χ0) is 13.7. The summed E-state index contributed by atoms with van der Waals surface area (Å²) in [5, 5.41) is 12.2. The third-order valence-electron chi connectivity index (χ3n) is 2.24. The van der Waals surface area contributed by atoms with Gasteiger partial charge in [-0.3, -0.25) is 9.67 Å². The maximum Gasteiger partial charge on any atom is 0.270 e. The summed E-state index contributed by atoms with van der Waals surface area (Å²) >= 11 is 0. The van der Waals surface area contributed by atoms with Crippen LogP contribution < -0.4 is 0 Å². The molecule has 0 aromatic carbocycles.